The second-order valence-corrected chi connectivity index (χ2v) is 6.09. The van der Waals surface area contributed by atoms with Gasteiger partial charge in [-0.05, 0) is 32.1 Å². The number of nitrogens with one attached hydrogen (secondary N) is 1. The first-order valence-electron chi connectivity index (χ1n) is 6.91. The molecule has 6 heteroatoms. The van der Waals surface area contributed by atoms with Crippen molar-refractivity contribution in [2.75, 3.05) is 30.7 Å². The van der Waals surface area contributed by atoms with Crippen molar-refractivity contribution in [3.63, 3.8) is 0 Å². The Bertz CT molecular complexity index is 446. The zero-order chi connectivity index (χ0) is 13.8. The number of hydrogen-bond acceptors (Lipinski definition) is 5. The van der Waals surface area contributed by atoms with E-state index in [4.69, 9.17) is 5.73 Å². The van der Waals surface area contributed by atoms with Crippen LogP contribution in [-0.2, 0) is 0 Å². The number of nitrogens with zero attached hydrogens (tertiary/aromatic N) is 2. The van der Waals surface area contributed by atoms with Crippen LogP contribution in [-0.4, -0.2) is 35.4 Å². The highest BCUT2D eigenvalue weighted by Crippen LogP contribution is 2.27. The first-order valence-corrected chi connectivity index (χ1v) is 7.73. The Morgan fingerprint density at radius 1 is 1.53 bits per heavy atom. The predicted molar refractivity (Wildman–Crippen MR) is 79.6 cm³/mol. The number of amides is 1. The second-order valence-electron chi connectivity index (χ2n) is 5.09. The number of anilines is 2. The van der Waals surface area contributed by atoms with Gasteiger partial charge in [-0.15, -0.1) is 0 Å². The van der Waals surface area contributed by atoms with Crippen LogP contribution in [0.15, 0.2) is 0 Å². The molecule has 1 amide bonds. The molecule has 1 aromatic heterocycles. The molecule has 106 valence electrons. The molecule has 0 saturated carbocycles. The summed E-state index contributed by atoms with van der Waals surface area (Å²) in [6, 6.07) is 0. The van der Waals surface area contributed by atoms with Crippen molar-refractivity contribution in [3.8, 4) is 0 Å². The summed E-state index contributed by atoms with van der Waals surface area (Å²) in [7, 11) is 0. The van der Waals surface area contributed by atoms with Gasteiger partial charge in [0.15, 0.2) is 5.13 Å². The van der Waals surface area contributed by atoms with Crippen LogP contribution in [0.2, 0.25) is 0 Å². The van der Waals surface area contributed by atoms with E-state index in [1.165, 1.54) is 17.8 Å². The van der Waals surface area contributed by atoms with Crippen molar-refractivity contribution in [1.29, 1.82) is 0 Å². The van der Waals surface area contributed by atoms with Crippen molar-refractivity contribution in [3.05, 3.63) is 4.88 Å². The van der Waals surface area contributed by atoms with Gasteiger partial charge in [-0.1, -0.05) is 18.3 Å². The van der Waals surface area contributed by atoms with Crippen LogP contribution in [0, 0.1) is 5.92 Å². The quantitative estimate of drug-likeness (QED) is 0.893. The molecule has 0 spiro atoms. The van der Waals surface area contributed by atoms with Gasteiger partial charge in [0, 0.05) is 19.6 Å². The lowest BCUT2D eigenvalue weighted by Gasteiger charge is -2.19. The number of nitrogens with two attached hydrogens (primary N) is 1. The van der Waals surface area contributed by atoms with E-state index in [2.05, 4.69) is 17.2 Å². The highest BCUT2D eigenvalue weighted by molar-refractivity contribution is 7.18. The normalized spacial score (nSPS) is 20.1. The first kappa shape index (κ1) is 14.1. The fourth-order valence-electron chi connectivity index (χ4n) is 2.32. The van der Waals surface area contributed by atoms with E-state index in [9.17, 15) is 4.79 Å². The Morgan fingerprint density at radius 2 is 2.32 bits per heavy atom. The Morgan fingerprint density at radius 3 is 3.05 bits per heavy atom. The third-order valence-electron chi connectivity index (χ3n) is 3.48. The van der Waals surface area contributed by atoms with E-state index < -0.39 is 0 Å². The standard InChI is InChI=1S/C13H22N4OS/c1-3-15-13-16-11(14)10(19-13)12(18)17-7-4-5-9(2)6-8-17/h9H,3-8,14H2,1-2H3,(H,15,16). The smallest absolute Gasteiger partial charge is 0.267 e. The first-order chi connectivity index (χ1) is 9.11. The number of thiazole rings is 1. The van der Waals surface area contributed by atoms with Gasteiger partial charge in [0.05, 0.1) is 0 Å². The van der Waals surface area contributed by atoms with E-state index in [0.29, 0.717) is 16.6 Å². The third kappa shape index (κ3) is 3.37. The summed E-state index contributed by atoms with van der Waals surface area (Å²) in [4.78, 5) is 19.2. The van der Waals surface area contributed by atoms with Crippen LogP contribution in [0.25, 0.3) is 0 Å². The van der Waals surface area contributed by atoms with Gasteiger partial charge in [0.25, 0.3) is 5.91 Å². The van der Waals surface area contributed by atoms with E-state index in [0.717, 1.165) is 37.6 Å². The molecule has 1 aliphatic heterocycles. The molecule has 0 aromatic carbocycles. The fraction of sp³-hybridized carbons (Fsp3) is 0.692. The average Bonchev–Trinajstić information content (AvgIpc) is 2.59. The highest BCUT2D eigenvalue weighted by atomic mass is 32.1. The average molecular weight is 282 g/mol. The van der Waals surface area contributed by atoms with Crippen molar-refractivity contribution < 1.29 is 4.79 Å². The molecule has 1 atom stereocenters. The largest absolute Gasteiger partial charge is 0.382 e. The second kappa shape index (κ2) is 6.23. The molecule has 19 heavy (non-hydrogen) atoms. The number of hydrogen-bond donors (Lipinski definition) is 2. The lowest BCUT2D eigenvalue weighted by Crippen LogP contribution is -2.31. The predicted octanol–water partition coefficient (Wildman–Crippen LogP) is 2.42. The molecular weight excluding hydrogens is 260 g/mol. The minimum Gasteiger partial charge on any atom is -0.382 e. The Balaban J connectivity index is 2.10. The fourth-order valence-corrected chi connectivity index (χ4v) is 3.24. The zero-order valence-corrected chi connectivity index (χ0v) is 12.4. The van der Waals surface area contributed by atoms with E-state index in [1.807, 2.05) is 11.8 Å². The van der Waals surface area contributed by atoms with Gasteiger partial charge in [0.2, 0.25) is 0 Å². The molecule has 3 N–H and O–H groups in total. The number of carbonyl (C=O) groups is 1. The molecule has 5 nitrogen and oxygen atoms in total. The summed E-state index contributed by atoms with van der Waals surface area (Å²) in [6.45, 7) is 6.68. The van der Waals surface area contributed by atoms with Gasteiger partial charge in [-0.25, -0.2) is 4.98 Å². The van der Waals surface area contributed by atoms with Gasteiger partial charge >= 0.3 is 0 Å². The van der Waals surface area contributed by atoms with Gasteiger partial charge in [0.1, 0.15) is 10.7 Å². The number of nitrogen functional groups attached to an aromatic ring is 1. The minimum atomic E-state index is 0.0354. The summed E-state index contributed by atoms with van der Waals surface area (Å²) in [6.07, 6.45) is 3.35. The van der Waals surface area contributed by atoms with Crippen molar-refractivity contribution >= 4 is 28.2 Å². The summed E-state index contributed by atoms with van der Waals surface area (Å²) in [5.41, 5.74) is 5.86. The monoisotopic (exact) mass is 282 g/mol. The summed E-state index contributed by atoms with van der Waals surface area (Å²) >= 11 is 1.36. The lowest BCUT2D eigenvalue weighted by molar-refractivity contribution is 0.0766. The van der Waals surface area contributed by atoms with Gasteiger partial charge < -0.3 is 16.0 Å². The van der Waals surface area contributed by atoms with E-state index in [1.54, 1.807) is 0 Å². The number of likely N-dealkylation sites (tertiary alicyclic amines) is 1. The molecule has 0 radical (unpaired) electrons. The number of carbonyl (C=O) groups excluding carboxylic acids is 1. The Hall–Kier alpha value is -1.30. The summed E-state index contributed by atoms with van der Waals surface area (Å²) in [5, 5.41) is 3.83. The maximum absolute atomic E-state index is 12.5. The molecule has 0 bridgehead atoms. The Kier molecular flexibility index (Phi) is 4.63. The maximum atomic E-state index is 12.5. The van der Waals surface area contributed by atoms with Gasteiger partial charge in [-0.3, -0.25) is 4.79 Å². The molecule has 1 saturated heterocycles. The Labute approximate surface area is 118 Å². The van der Waals surface area contributed by atoms with Crippen LogP contribution in [0.4, 0.5) is 10.9 Å². The van der Waals surface area contributed by atoms with Crippen molar-refractivity contribution in [2.24, 2.45) is 5.92 Å². The summed E-state index contributed by atoms with van der Waals surface area (Å²) < 4.78 is 0. The lowest BCUT2D eigenvalue weighted by atomic mass is 10.0. The zero-order valence-electron chi connectivity index (χ0n) is 11.6. The van der Waals surface area contributed by atoms with Crippen LogP contribution < -0.4 is 11.1 Å². The molecule has 1 aromatic rings. The van der Waals surface area contributed by atoms with Crippen molar-refractivity contribution in [1.82, 2.24) is 9.88 Å². The van der Waals surface area contributed by atoms with E-state index in [-0.39, 0.29) is 5.91 Å². The van der Waals surface area contributed by atoms with Crippen LogP contribution in [0.3, 0.4) is 0 Å². The molecule has 1 unspecified atom stereocenters. The molecule has 1 aliphatic rings. The molecule has 2 heterocycles. The SMILES string of the molecule is CCNc1nc(N)c(C(=O)N2CCCC(C)CC2)s1. The molecule has 0 aliphatic carbocycles. The minimum absolute atomic E-state index is 0.0354. The highest BCUT2D eigenvalue weighted by Gasteiger charge is 2.24. The topological polar surface area (TPSA) is 71.2 Å². The summed E-state index contributed by atoms with van der Waals surface area (Å²) in [5.74, 6) is 1.09. The van der Waals surface area contributed by atoms with Crippen molar-refractivity contribution in [2.45, 2.75) is 33.1 Å². The van der Waals surface area contributed by atoms with Crippen LogP contribution in [0.5, 0.6) is 0 Å². The van der Waals surface area contributed by atoms with Crippen LogP contribution in [0.1, 0.15) is 42.8 Å². The van der Waals surface area contributed by atoms with Gasteiger partial charge in [-0.2, -0.15) is 0 Å². The number of aromatic nitrogens is 1. The molecular formula is C13H22N4OS. The maximum Gasteiger partial charge on any atom is 0.267 e. The van der Waals surface area contributed by atoms with Crippen LogP contribution >= 0.6 is 11.3 Å². The number of rotatable bonds is 3. The third-order valence-corrected chi connectivity index (χ3v) is 4.50. The van der Waals surface area contributed by atoms with E-state index >= 15 is 0 Å². The molecule has 1 fully saturated rings. The molecule has 2 rings (SSSR count).